The summed E-state index contributed by atoms with van der Waals surface area (Å²) < 4.78 is 39.7. The van der Waals surface area contributed by atoms with Gasteiger partial charge >= 0.3 is 0 Å². The van der Waals surface area contributed by atoms with Crippen LogP contribution in [0.4, 0.5) is 24.5 Å². The molecule has 3 aromatic rings. The number of halogens is 3. The molecule has 0 radical (unpaired) electrons. The zero-order chi connectivity index (χ0) is 18.0. The number of rotatable bonds is 4. The second kappa shape index (κ2) is 6.84. The van der Waals surface area contributed by atoms with Gasteiger partial charge in [-0.15, -0.1) is 0 Å². The van der Waals surface area contributed by atoms with Crippen LogP contribution in [0, 0.1) is 17.5 Å². The third-order valence-electron chi connectivity index (χ3n) is 3.86. The summed E-state index contributed by atoms with van der Waals surface area (Å²) in [7, 11) is 1.71. The topological polar surface area (TPSA) is 32.3 Å². The maximum absolute atomic E-state index is 13.6. The number of likely N-dealkylation sites (N-methyl/N-ethyl adjacent to an activating group) is 1. The molecule has 1 N–H and O–H groups in total. The summed E-state index contributed by atoms with van der Waals surface area (Å²) in [5.74, 6) is -4.87. The summed E-state index contributed by atoms with van der Waals surface area (Å²) in [6.07, 6.45) is 0. The summed E-state index contributed by atoms with van der Waals surface area (Å²) in [4.78, 5) is 13.8. The van der Waals surface area contributed by atoms with Crippen LogP contribution in [0.25, 0.3) is 10.8 Å². The van der Waals surface area contributed by atoms with Crippen LogP contribution in [0.15, 0.2) is 54.6 Å². The number of amides is 1. The van der Waals surface area contributed by atoms with Crippen LogP contribution in [0.1, 0.15) is 0 Å². The van der Waals surface area contributed by atoms with Crippen molar-refractivity contribution < 1.29 is 18.0 Å². The molecule has 0 unspecified atom stereocenters. The van der Waals surface area contributed by atoms with Gasteiger partial charge in [0.2, 0.25) is 5.91 Å². The van der Waals surface area contributed by atoms with Gasteiger partial charge in [-0.25, -0.2) is 13.2 Å². The molecule has 0 saturated heterocycles. The van der Waals surface area contributed by atoms with Gasteiger partial charge in [0.25, 0.3) is 0 Å². The van der Waals surface area contributed by atoms with Crippen LogP contribution < -0.4 is 10.2 Å². The minimum absolute atomic E-state index is 0.0726. The quantitative estimate of drug-likeness (QED) is 0.715. The van der Waals surface area contributed by atoms with E-state index < -0.39 is 29.0 Å². The monoisotopic (exact) mass is 344 g/mol. The van der Waals surface area contributed by atoms with Gasteiger partial charge in [0.05, 0.1) is 12.2 Å². The molecule has 0 spiro atoms. The van der Waals surface area contributed by atoms with E-state index in [0.29, 0.717) is 0 Å². The summed E-state index contributed by atoms with van der Waals surface area (Å²) >= 11 is 0. The molecule has 0 atom stereocenters. The molecule has 0 saturated carbocycles. The Morgan fingerprint density at radius 2 is 1.68 bits per heavy atom. The lowest BCUT2D eigenvalue weighted by Crippen LogP contribution is -2.30. The number of fused-ring (bicyclic) bond motifs is 1. The highest BCUT2D eigenvalue weighted by atomic mass is 19.2. The number of benzene rings is 3. The molecule has 0 aliphatic rings. The van der Waals surface area contributed by atoms with Gasteiger partial charge in [0, 0.05) is 12.7 Å². The van der Waals surface area contributed by atoms with Crippen molar-refractivity contribution in [3.63, 3.8) is 0 Å². The van der Waals surface area contributed by atoms with Gasteiger partial charge in [-0.05, 0) is 35.0 Å². The van der Waals surface area contributed by atoms with Crippen molar-refractivity contribution >= 4 is 28.1 Å². The van der Waals surface area contributed by atoms with E-state index >= 15 is 0 Å². The molecule has 0 aliphatic carbocycles. The molecule has 0 bridgehead atoms. The first-order valence-electron chi connectivity index (χ1n) is 7.59. The fraction of sp³-hybridized carbons (Fsp3) is 0.105. The SMILES string of the molecule is CN(CC(=O)Nc1ccc(F)c(F)c1F)c1ccc2ccccc2c1. The smallest absolute Gasteiger partial charge is 0.243 e. The van der Waals surface area contributed by atoms with E-state index in [-0.39, 0.29) is 6.54 Å². The fourth-order valence-corrected chi connectivity index (χ4v) is 2.53. The van der Waals surface area contributed by atoms with E-state index in [1.165, 1.54) is 0 Å². The number of carbonyl (C=O) groups excluding carboxylic acids is 1. The Kier molecular flexibility index (Phi) is 4.61. The first-order chi connectivity index (χ1) is 12.0. The molecule has 6 heteroatoms. The number of hydrogen-bond donors (Lipinski definition) is 1. The van der Waals surface area contributed by atoms with Crippen LogP contribution >= 0.6 is 0 Å². The lowest BCUT2D eigenvalue weighted by atomic mass is 10.1. The number of anilines is 2. The van der Waals surface area contributed by atoms with E-state index in [9.17, 15) is 18.0 Å². The third kappa shape index (κ3) is 3.57. The Labute approximate surface area is 142 Å². The maximum atomic E-state index is 13.6. The predicted octanol–water partition coefficient (Wildman–Crippen LogP) is 4.33. The van der Waals surface area contributed by atoms with Crippen LogP contribution in [0.2, 0.25) is 0 Å². The zero-order valence-electron chi connectivity index (χ0n) is 13.4. The second-order valence-electron chi connectivity index (χ2n) is 5.66. The van der Waals surface area contributed by atoms with Gasteiger partial charge in [-0.1, -0.05) is 30.3 Å². The van der Waals surface area contributed by atoms with Gasteiger partial charge < -0.3 is 10.2 Å². The van der Waals surface area contributed by atoms with Crippen molar-refractivity contribution in [1.29, 1.82) is 0 Å². The molecule has 128 valence electrons. The highest BCUT2D eigenvalue weighted by molar-refractivity contribution is 5.94. The van der Waals surface area contributed by atoms with Gasteiger partial charge in [-0.2, -0.15) is 0 Å². The van der Waals surface area contributed by atoms with Crippen molar-refractivity contribution in [1.82, 2.24) is 0 Å². The molecule has 0 aliphatic heterocycles. The van der Waals surface area contributed by atoms with Crippen molar-refractivity contribution in [2.45, 2.75) is 0 Å². The van der Waals surface area contributed by atoms with E-state index in [1.807, 2.05) is 42.5 Å². The number of carbonyl (C=O) groups is 1. The molecular formula is C19H15F3N2O. The van der Waals surface area contributed by atoms with Crippen LogP contribution in [0.5, 0.6) is 0 Å². The Hall–Kier alpha value is -3.02. The molecule has 25 heavy (non-hydrogen) atoms. The molecular weight excluding hydrogens is 329 g/mol. The average molecular weight is 344 g/mol. The molecule has 0 aromatic heterocycles. The van der Waals surface area contributed by atoms with Crippen molar-refractivity contribution in [2.75, 3.05) is 23.8 Å². The number of hydrogen-bond acceptors (Lipinski definition) is 2. The zero-order valence-corrected chi connectivity index (χ0v) is 13.4. The molecule has 1 amide bonds. The Balaban J connectivity index is 1.72. The Bertz CT molecular complexity index is 943. The predicted molar refractivity (Wildman–Crippen MR) is 92.2 cm³/mol. The first kappa shape index (κ1) is 16.8. The fourth-order valence-electron chi connectivity index (χ4n) is 2.53. The maximum Gasteiger partial charge on any atom is 0.243 e. The molecule has 0 heterocycles. The van der Waals surface area contributed by atoms with E-state index in [4.69, 9.17) is 0 Å². The average Bonchev–Trinajstić information content (AvgIpc) is 2.61. The summed E-state index contributed by atoms with van der Waals surface area (Å²) in [6, 6.07) is 15.3. The largest absolute Gasteiger partial charge is 0.365 e. The van der Waals surface area contributed by atoms with Crippen LogP contribution in [-0.4, -0.2) is 19.5 Å². The highest BCUT2D eigenvalue weighted by Crippen LogP contribution is 2.22. The van der Waals surface area contributed by atoms with Gasteiger partial charge in [0.15, 0.2) is 17.5 Å². The minimum Gasteiger partial charge on any atom is -0.365 e. The standard InChI is InChI=1S/C19H15F3N2O/c1-24(14-7-6-12-4-2-3-5-13(12)10-14)11-17(25)23-16-9-8-15(20)18(21)19(16)22/h2-10H,11H2,1H3,(H,23,25). The van der Waals surface area contributed by atoms with Gasteiger partial charge in [0.1, 0.15) is 0 Å². The lowest BCUT2D eigenvalue weighted by molar-refractivity contribution is -0.114. The van der Waals surface area contributed by atoms with Crippen molar-refractivity contribution in [3.8, 4) is 0 Å². The van der Waals surface area contributed by atoms with E-state index in [2.05, 4.69) is 5.32 Å². The molecule has 0 fully saturated rings. The van der Waals surface area contributed by atoms with Crippen LogP contribution in [-0.2, 0) is 4.79 Å². The highest BCUT2D eigenvalue weighted by Gasteiger charge is 2.16. The Morgan fingerprint density at radius 3 is 2.44 bits per heavy atom. The first-order valence-corrected chi connectivity index (χ1v) is 7.59. The van der Waals surface area contributed by atoms with Crippen molar-refractivity contribution in [2.24, 2.45) is 0 Å². The third-order valence-corrected chi connectivity index (χ3v) is 3.86. The number of nitrogens with one attached hydrogen (secondary N) is 1. The summed E-state index contributed by atoms with van der Waals surface area (Å²) in [5.41, 5.74) is 0.412. The molecule has 3 rings (SSSR count). The molecule has 3 nitrogen and oxygen atoms in total. The second-order valence-corrected chi connectivity index (χ2v) is 5.66. The molecule has 3 aromatic carbocycles. The van der Waals surface area contributed by atoms with Crippen molar-refractivity contribution in [3.05, 3.63) is 72.0 Å². The minimum atomic E-state index is -1.61. The van der Waals surface area contributed by atoms with E-state index in [1.54, 1.807) is 11.9 Å². The van der Waals surface area contributed by atoms with Crippen LogP contribution in [0.3, 0.4) is 0 Å². The number of nitrogens with zero attached hydrogens (tertiary/aromatic N) is 1. The summed E-state index contributed by atoms with van der Waals surface area (Å²) in [6.45, 7) is -0.0726. The van der Waals surface area contributed by atoms with Gasteiger partial charge in [-0.3, -0.25) is 4.79 Å². The van der Waals surface area contributed by atoms with E-state index in [0.717, 1.165) is 28.6 Å². The summed E-state index contributed by atoms with van der Waals surface area (Å²) in [5, 5.41) is 4.36. The Morgan fingerprint density at radius 1 is 0.960 bits per heavy atom. The normalized spacial score (nSPS) is 10.7. The lowest BCUT2D eigenvalue weighted by Gasteiger charge is -2.19.